The second-order valence-electron chi connectivity index (χ2n) is 5.24. The summed E-state index contributed by atoms with van der Waals surface area (Å²) < 4.78 is 9.35. The number of ether oxygens (including phenoxy) is 2. The van der Waals surface area contributed by atoms with E-state index in [1.54, 1.807) is 24.3 Å². The number of carbonyl (C=O) groups excluding carboxylic acids is 3. The summed E-state index contributed by atoms with van der Waals surface area (Å²) >= 11 is 0. The molecule has 1 N–H and O–H groups in total. The molecule has 22 heavy (non-hydrogen) atoms. The van der Waals surface area contributed by atoms with Crippen LogP contribution in [-0.2, 0) is 19.1 Å². The maximum absolute atomic E-state index is 11.8. The SMILES string of the molecule is COCC(=O)OCC(=O)c1ccc(NC(=O)CC(C)C)cc1. The van der Waals surface area contributed by atoms with Crippen molar-refractivity contribution in [2.75, 3.05) is 25.6 Å². The van der Waals surface area contributed by atoms with E-state index in [9.17, 15) is 14.4 Å². The second-order valence-corrected chi connectivity index (χ2v) is 5.24. The Kier molecular flexibility index (Phi) is 7.25. The largest absolute Gasteiger partial charge is 0.456 e. The fraction of sp³-hybridized carbons (Fsp3) is 0.438. The molecule has 0 aliphatic carbocycles. The summed E-state index contributed by atoms with van der Waals surface area (Å²) in [5, 5.41) is 2.75. The number of anilines is 1. The summed E-state index contributed by atoms with van der Waals surface area (Å²) in [5.41, 5.74) is 1.03. The van der Waals surface area contributed by atoms with Gasteiger partial charge in [-0.25, -0.2) is 4.79 Å². The highest BCUT2D eigenvalue weighted by Crippen LogP contribution is 2.12. The fourth-order valence-electron chi connectivity index (χ4n) is 1.71. The maximum atomic E-state index is 11.8. The van der Waals surface area contributed by atoms with E-state index in [-0.39, 0.29) is 30.8 Å². The van der Waals surface area contributed by atoms with Crippen LogP contribution in [0.2, 0.25) is 0 Å². The number of benzene rings is 1. The molecule has 6 nitrogen and oxygen atoms in total. The number of rotatable bonds is 8. The van der Waals surface area contributed by atoms with Crippen LogP contribution in [0.15, 0.2) is 24.3 Å². The van der Waals surface area contributed by atoms with E-state index >= 15 is 0 Å². The number of ketones is 1. The van der Waals surface area contributed by atoms with E-state index < -0.39 is 5.97 Å². The van der Waals surface area contributed by atoms with Crippen LogP contribution in [0.4, 0.5) is 5.69 Å². The molecule has 0 saturated carbocycles. The van der Waals surface area contributed by atoms with Gasteiger partial charge in [-0.15, -0.1) is 0 Å². The van der Waals surface area contributed by atoms with Gasteiger partial charge >= 0.3 is 5.97 Å². The fourth-order valence-corrected chi connectivity index (χ4v) is 1.71. The monoisotopic (exact) mass is 307 g/mol. The molecule has 0 radical (unpaired) electrons. The molecule has 0 aromatic heterocycles. The lowest BCUT2D eigenvalue weighted by Gasteiger charge is -2.08. The lowest BCUT2D eigenvalue weighted by molar-refractivity contribution is -0.146. The lowest BCUT2D eigenvalue weighted by atomic mass is 10.1. The molecule has 1 rings (SSSR count). The highest BCUT2D eigenvalue weighted by molar-refractivity contribution is 5.98. The number of Topliss-reactive ketones (excluding diaryl/α,β-unsaturated/α-hetero) is 1. The quantitative estimate of drug-likeness (QED) is 0.587. The van der Waals surface area contributed by atoms with E-state index in [1.807, 2.05) is 13.8 Å². The third-order valence-electron chi connectivity index (χ3n) is 2.71. The number of hydrogen-bond donors (Lipinski definition) is 1. The van der Waals surface area contributed by atoms with Gasteiger partial charge in [0.1, 0.15) is 6.61 Å². The molecule has 120 valence electrons. The van der Waals surface area contributed by atoms with Gasteiger partial charge in [0.15, 0.2) is 12.4 Å². The molecule has 0 spiro atoms. The highest BCUT2D eigenvalue weighted by Gasteiger charge is 2.10. The molecule has 0 unspecified atom stereocenters. The Labute approximate surface area is 129 Å². The summed E-state index contributed by atoms with van der Waals surface area (Å²) in [6, 6.07) is 6.44. The predicted octanol–water partition coefficient (Wildman–Crippen LogP) is 2.04. The average Bonchev–Trinajstić information content (AvgIpc) is 2.45. The van der Waals surface area contributed by atoms with Crippen molar-refractivity contribution in [3.63, 3.8) is 0 Å². The molecule has 6 heteroatoms. The highest BCUT2D eigenvalue weighted by atomic mass is 16.6. The molecule has 0 saturated heterocycles. The van der Waals surface area contributed by atoms with Gasteiger partial charge in [-0.2, -0.15) is 0 Å². The number of methoxy groups -OCH3 is 1. The Balaban J connectivity index is 2.51. The standard InChI is InChI=1S/C16H21NO5/c1-11(2)8-15(19)17-13-6-4-12(5-7-13)14(18)9-22-16(20)10-21-3/h4-7,11H,8-10H2,1-3H3,(H,17,19). The van der Waals surface area contributed by atoms with Gasteiger partial charge in [-0.1, -0.05) is 13.8 Å². The Morgan fingerprint density at radius 2 is 1.73 bits per heavy atom. The summed E-state index contributed by atoms with van der Waals surface area (Å²) in [7, 11) is 1.37. The van der Waals surface area contributed by atoms with Gasteiger partial charge in [-0.05, 0) is 30.2 Å². The summed E-state index contributed by atoms with van der Waals surface area (Å²) in [6.07, 6.45) is 0.441. The zero-order valence-electron chi connectivity index (χ0n) is 13.0. The van der Waals surface area contributed by atoms with E-state index in [2.05, 4.69) is 10.1 Å². The van der Waals surface area contributed by atoms with Crippen LogP contribution in [-0.4, -0.2) is 38.0 Å². The average molecular weight is 307 g/mol. The minimum atomic E-state index is -0.589. The first-order valence-electron chi connectivity index (χ1n) is 7.00. The van der Waals surface area contributed by atoms with Crippen molar-refractivity contribution in [3.8, 4) is 0 Å². The Hall–Kier alpha value is -2.21. The van der Waals surface area contributed by atoms with Crippen molar-refractivity contribution < 1.29 is 23.9 Å². The van der Waals surface area contributed by atoms with Crippen molar-refractivity contribution in [2.24, 2.45) is 5.92 Å². The molecular weight excluding hydrogens is 286 g/mol. The summed E-state index contributed by atoms with van der Waals surface area (Å²) in [6.45, 7) is 3.41. The third kappa shape index (κ3) is 6.49. The van der Waals surface area contributed by atoms with E-state index in [4.69, 9.17) is 4.74 Å². The van der Waals surface area contributed by atoms with Crippen LogP contribution in [0.25, 0.3) is 0 Å². The lowest BCUT2D eigenvalue weighted by Crippen LogP contribution is -2.17. The van der Waals surface area contributed by atoms with Crippen LogP contribution in [0, 0.1) is 5.92 Å². The van der Waals surface area contributed by atoms with Gasteiger partial charge in [0, 0.05) is 24.8 Å². The van der Waals surface area contributed by atoms with Crippen LogP contribution >= 0.6 is 0 Å². The molecule has 0 fully saturated rings. The Morgan fingerprint density at radius 3 is 2.27 bits per heavy atom. The number of amides is 1. The minimum Gasteiger partial charge on any atom is -0.456 e. The maximum Gasteiger partial charge on any atom is 0.332 e. The summed E-state index contributed by atoms with van der Waals surface area (Å²) in [4.78, 5) is 34.6. The topological polar surface area (TPSA) is 81.7 Å². The molecule has 0 aliphatic rings. The zero-order valence-corrected chi connectivity index (χ0v) is 13.0. The van der Waals surface area contributed by atoms with Crippen molar-refractivity contribution in [1.82, 2.24) is 0 Å². The van der Waals surface area contributed by atoms with Crippen molar-refractivity contribution in [3.05, 3.63) is 29.8 Å². The second kappa shape index (κ2) is 8.94. The van der Waals surface area contributed by atoms with Gasteiger partial charge < -0.3 is 14.8 Å². The molecule has 1 amide bonds. The van der Waals surface area contributed by atoms with Crippen molar-refractivity contribution in [1.29, 1.82) is 0 Å². The molecular formula is C16H21NO5. The molecule has 0 heterocycles. The van der Waals surface area contributed by atoms with Gasteiger partial charge in [0.25, 0.3) is 0 Å². The van der Waals surface area contributed by atoms with Gasteiger partial charge in [0.2, 0.25) is 5.91 Å². The molecule has 1 aromatic carbocycles. The van der Waals surface area contributed by atoms with E-state index in [0.717, 1.165) is 0 Å². The first-order chi connectivity index (χ1) is 10.4. The van der Waals surface area contributed by atoms with Gasteiger partial charge in [-0.3, -0.25) is 9.59 Å². The Morgan fingerprint density at radius 1 is 1.09 bits per heavy atom. The smallest absolute Gasteiger partial charge is 0.332 e. The third-order valence-corrected chi connectivity index (χ3v) is 2.71. The van der Waals surface area contributed by atoms with Crippen LogP contribution in [0.3, 0.4) is 0 Å². The Bertz CT molecular complexity index is 522. The first kappa shape index (κ1) is 17.8. The predicted molar refractivity (Wildman–Crippen MR) is 81.7 cm³/mol. The number of hydrogen-bond acceptors (Lipinski definition) is 5. The van der Waals surface area contributed by atoms with Crippen molar-refractivity contribution >= 4 is 23.3 Å². The van der Waals surface area contributed by atoms with Crippen LogP contribution in [0.5, 0.6) is 0 Å². The zero-order chi connectivity index (χ0) is 16.5. The first-order valence-corrected chi connectivity index (χ1v) is 7.00. The summed E-state index contributed by atoms with van der Waals surface area (Å²) in [5.74, 6) is -0.692. The number of esters is 1. The number of nitrogens with one attached hydrogen (secondary N) is 1. The molecule has 0 aliphatic heterocycles. The van der Waals surface area contributed by atoms with Crippen LogP contribution in [0.1, 0.15) is 30.6 Å². The normalized spacial score (nSPS) is 10.4. The van der Waals surface area contributed by atoms with Crippen LogP contribution < -0.4 is 5.32 Å². The van der Waals surface area contributed by atoms with E-state index in [0.29, 0.717) is 17.7 Å². The van der Waals surface area contributed by atoms with Gasteiger partial charge in [0.05, 0.1) is 0 Å². The molecule has 0 atom stereocenters. The minimum absolute atomic E-state index is 0.0671. The van der Waals surface area contributed by atoms with Crippen molar-refractivity contribution in [2.45, 2.75) is 20.3 Å². The molecule has 1 aromatic rings. The van der Waals surface area contributed by atoms with E-state index in [1.165, 1.54) is 7.11 Å². The molecule has 0 bridgehead atoms. The number of carbonyl (C=O) groups is 3.